The van der Waals surface area contributed by atoms with Crippen LogP contribution in [0.4, 0.5) is 8.78 Å². The Morgan fingerprint density at radius 1 is 0.742 bits per heavy atom. The Morgan fingerprint density at radius 3 is 1.90 bits per heavy atom. The Balaban J connectivity index is 1.75. The third-order valence-electron chi connectivity index (χ3n) is 5.48. The minimum Gasteiger partial charge on any atom is -0.433 e. The predicted octanol–water partition coefficient (Wildman–Crippen LogP) is 8.38. The van der Waals surface area contributed by atoms with Gasteiger partial charge in [0.15, 0.2) is 5.82 Å². The van der Waals surface area contributed by atoms with E-state index < -0.39 is 6.11 Å². The summed E-state index contributed by atoms with van der Waals surface area (Å²) < 4.78 is 32.6. The van der Waals surface area contributed by atoms with Gasteiger partial charge in [0, 0.05) is 18.0 Å². The van der Waals surface area contributed by atoms with Gasteiger partial charge in [0.05, 0.1) is 6.42 Å². The van der Waals surface area contributed by atoms with Crippen molar-refractivity contribution < 1.29 is 13.5 Å². The molecule has 2 rings (SSSR count). The molecule has 2 aromatic rings. The number of alkyl halides is 2. The molecule has 0 fully saturated rings. The average molecular weight is 433 g/mol. The average Bonchev–Trinajstić information content (AvgIpc) is 2.76. The Kier molecular flexibility index (Phi) is 11.5. The molecule has 0 bridgehead atoms. The maximum Gasteiger partial charge on any atom is 0.397 e. The summed E-state index contributed by atoms with van der Waals surface area (Å²) in [5.74, 6) is 0.762. The van der Waals surface area contributed by atoms with E-state index in [1.54, 1.807) is 24.3 Å². The molecule has 31 heavy (non-hydrogen) atoms. The number of hydrogen-bond acceptors (Lipinski definition) is 3. The molecule has 1 heterocycles. The van der Waals surface area contributed by atoms with Gasteiger partial charge in [0.25, 0.3) is 0 Å². The predicted molar refractivity (Wildman–Crippen MR) is 123 cm³/mol. The summed E-state index contributed by atoms with van der Waals surface area (Å²) >= 11 is 0. The highest BCUT2D eigenvalue weighted by Gasteiger charge is 2.30. The molecule has 0 atom stereocenters. The van der Waals surface area contributed by atoms with Gasteiger partial charge in [0.2, 0.25) is 0 Å². The van der Waals surface area contributed by atoms with Gasteiger partial charge < -0.3 is 4.74 Å². The maximum absolute atomic E-state index is 13.9. The van der Waals surface area contributed by atoms with Crippen LogP contribution >= 0.6 is 0 Å². The second kappa shape index (κ2) is 14.1. The minimum atomic E-state index is -3.13. The van der Waals surface area contributed by atoms with Crippen molar-refractivity contribution >= 4 is 0 Å². The van der Waals surface area contributed by atoms with Gasteiger partial charge in [-0.2, -0.15) is 8.78 Å². The highest BCUT2D eigenvalue weighted by molar-refractivity contribution is 5.55. The van der Waals surface area contributed by atoms with Crippen molar-refractivity contribution in [3.05, 3.63) is 42.2 Å². The molecule has 0 radical (unpaired) electrons. The van der Waals surface area contributed by atoms with Gasteiger partial charge in [-0.15, -0.1) is 0 Å². The van der Waals surface area contributed by atoms with E-state index in [0.29, 0.717) is 12.2 Å². The van der Waals surface area contributed by atoms with Crippen molar-refractivity contribution in [2.24, 2.45) is 0 Å². The van der Waals surface area contributed by atoms with Crippen LogP contribution in [0.15, 0.2) is 36.7 Å². The van der Waals surface area contributed by atoms with Crippen LogP contribution in [-0.2, 0) is 6.42 Å². The van der Waals surface area contributed by atoms with Crippen molar-refractivity contribution in [2.75, 3.05) is 0 Å². The van der Waals surface area contributed by atoms with Crippen LogP contribution in [0.25, 0.3) is 11.4 Å². The molecule has 0 aliphatic carbocycles. The van der Waals surface area contributed by atoms with Gasteiger partial charge in [-0.05, 0) is 49.1 Å². The van der Waals surface area contributed by atoms with E-state index in [0.717, 1.165) is 36.8 Å². The van der Waals surface area contributed by atoms with Crippen LogP contribution in [0.5, 0.6) is 5.75 Å². The van der Waals surface area contributed by atoms with Crippen molar-refractivity contribution in [3.8, 4) is 17.1 Å². The summed E-state index contributed by atoms with van der Waals surface area (Å²) in [7, 11) is 0. The van der Waals surface area contributed by atoms with Gasteiger partial charge in [-0.3, -0.25) is 0 Å². The molecular weight excluding hydrogens is 394 g/mol. The number of nitrogens with zero attached hydrogens (tertiary/aromatic N) is 2. The number of aromatic nitrogens is 2. The maximum atomic E-state index is 13.9. The fraction of sp³-hybridized carbons (Fsp3) is 0.615. The largest absolute Gasteiger partial charge is 0.433 e. The highest BCUT2D eigenvalue weighted by Crippen LogP contribution is 2.28. The number of unbranched alkanes of at least 4 members (excludes halogenated alkanes) is 9. The molecule has 0 aliphatic rings. The van der Waals surface area contributed by atoms with E-state index >= 15 is 0 Å². The lowest BCUT2D eigenvalue weighted by molar-refractivity contribution is -0.181. The van der Waals surface area contributed by atoms with Gasteiger partial charge in [0.1, 0.15) is 5.75 Å². The van der Waals surface area contributed by atoms with Crippen molar-refractivity contribution in [3.63, 3.8) is 0 Å². The normalized spacial score (nSPS) is 11.6. The van der Waals surface area contributed by atoms with Crippen LogP contribution in [0, 0.1) is 0 Å². The fourth-order valence-corrected chi connectivity index (χ4v) is 3.57. The Morgan fingerprint density at radius 2 is 1.29 bits per heavy atom. The summed E-state index contributed by atoms with van der Waals surface area (Å²) in [5.41, 5.74) is 1.93. The van der Waals surface area contributed by atoms with Gasteiger partial charge in [-0.25, -0.2) is 9.97 Å². The summed E-state index contributed by atoms with van der Waals surface area (Å²) in [5, 5.41) is 0. The molecule has 0 unspecified atom stereocenters. The molecule has 1 aromatic heterocycles. The summed E-state index contributed by atoms with van der Waals surface area (Å²) in [4.78, 5) is 8.90. The molecule has 0 saturated heterocycles. The van der Waals surface area contributed by atoms with E-state index in [4.69, 9.17) is 4.74 Å². The first kappa shape index (κ1) is 25.2. The van der Waals surface area contributed by atoms with Crippen molar-refractivity contribution in [2.45, 2.75) is 103 Å². The van der Waals surface area contributed by atoms with E-state index in [1.165, 1.54) is 44.9 Å². The summed E-state index contributed by atoms with van der Waals surface area (Å²) in [6.45, 7) is 4.23. The van der Waals surface area contributed by atoms with Crippen LogP contribution in [0.1, 0.15) is 96.5 Å². The van der Waals surface area contributed by atoms with Crippen LogP contribution in [0.3, 0.4) is 0 Å². The molecule has 0 amide bonds. The standard InChI is InChI=1S/C26H38F2N2O/c1-3-5-7-8-9-10-11-12-14-22-20-29-25(30-21-22)23-15-17-24(18-16-23)31-26(27,28)19-13-6-4-2/h15-18,20-21H,3-14,19H2,1-2H3. The molecule has 5 heteroatoms. The van der Waals surface area contributed by atoms with E-state index in [1.807, 2.05) is 19.3 Å². The molecule has 0 aliphatic heterocycles. The monoisotopic (exact) mass is 432 g/mol. The number of benzene rings is 1. The van der Waals surface area contributed by atoms with Crippen LogP contribution in [0.2, 0.25) is 0 Å². The second-order valence-corrected chi connectivity index (χ2v) is 8.36. The summed E-state index contributed by atoms with van der Waals surface area (Å²) in [6.07, 6.45) is 13.9. The number of aryl methyl sites for hydroxylation is 1. The first-order valence-corrected chi connectivity index (χ1v) is 12.0. The lowest BCUT2D eigenvalue weighted by atomic mass is 10.1. The van der Waals surface area contributed by atoms with Crippen LogP contribution < -0.4 is 4.74 Å². The first-order chi connectivity index (χ1) is 15.0. The molecule has 0 spiro atoms. The van der Waals surface area contributed by atoms with E-state index in [9.17, 15) is 8.78 Å². The van der Waals surface area contributed by atoms with Crippen LogP contribution in [-0.4, -0.2) is 16.1 Å². The zero-order valence-electron chi connectivity index (χ0n) is 19.2. The van der Waals surface area contributed by atoms with Gasteiger partial charge in [-0.1, -0.05) is 71.6 Å². The van der Waals surface area contributed by atoms with Crippen molar-refractivity contribution in [1.29, 1.82) is 0 Å². The Bertz CT molecular complexity index is 717. The molecule has 172 valence electrons. The minimum absolute atomic E-state index is 0.163. The number of hydrogen-bond donors (Lipinski definition) is 0. The zero-order chi connectivity index (χ0) is 22.4. The molecule has 0 saturated carbocycles. The molecule has 3 nitrogen and oxygen atoms in total. The molecule has 1 aromatic carbocycles. The highest BCUT2D eigenvalue weighted by atomic mass is 19.3. The lowest BCUT2D eigenvalue weighted by Gasteiger charge is -2.18. The van der Waals surface area contributed by atoms with Gasteiger partial charge >= 0.3 is 6.11 Å². The number of rotatable bonds is 16. The third-order valence-corrected chi connectivity index (χ3v) is 5.48. The van der Waals surface area contributed by atoms with E-state index in [2.05, 4.69) is 16.9 Å². The van der Waals surface area contributed by atoms with E-state index in [-0.39, 0.29) is 12.2 Å². The second-order valence-electron chi connectivity index (χ2n) is 8.36. The quantitative estimate of drug-likeness (QED) is 0.250. The summed E-state index contributed by atoms with van der Waals surface area (Å²) in [6, 6.07) is 6.57. The zero-order valence-corrected chi connectivity index (χ0v) is 19.2. The lowest BCUT2D eigenvalue weighted by Crippen LogP contribution is -2.24. The number of ether oxygens (including phenoxy) is 1. The SMILES string of the molecule is CCCCCCCCCCc1cnc(-c2ccc(OC(F)(F)CCCCC)cc2)nc1. The molecule has 0 N–H and O–H groups in total. The smallest absolute Gasteiger partial charge is 0.397 e. The first-order valence-electron chi connectivity index (χ1n) is 12.0. The number of halogens is 2. The Labute approximate surface area is 186 Å². The third kappa shape index (κ3) is 10.2. The topological polar surface area (TPSA) is 35.0 Å². The fourth-order valence-electron chi connectivity index (χ4n) is 3.57. The Hall–Kier alpha value is -2.04. The molecular formula is C26H38F2N2O. The van der Waals surface area contributed by atoms with Crippen molar-refractivity contribution in [1.82, 2.24) is 9.97 Å².